The fraction of sp³-hybridized carbons (Fsp3) is 0.379. The molecule has 0 atom stereocenters. The number of nitrogens with zero attached hydrogens (tertiary/aromatic N) is 5. The molecular weight excluding hydrogens is 512 g/mol. The van der Waals surface area contributed by atoms with Gasteiger partial charge in [0.05, 0.1) is 30.5 Å². The van der Waals surface area contributed by atoms with Crippen LogP contribution in [-0.4, -0.2) is 53.8 Å². The summed E-state index contributed by atoms with van der Waals surface area (Å²) in [4.78, 5) is 31.2. The summed E-state index contributed by atoms with van der Waals surface area (Å²) in [6.07, 6.45) is 1.57. The average Bonchev–Trinajstić information content (AvgIpc) is 2.90. The number of methoxy groups -OCH3 is 2. The Bertz CT molecular complexity index is 1590. The third-order valence-corrected chi connectivity index (χ3v) is 7.00. The number of nitrogens with one attached hydrogen (secondary N) is 1. The number of aromatic nitrogens is 2. The van der Waals surface area contributed by atoms with Crippen LogP contribution in [0.3, 0.4) is 0 Å². The summed E-state index contributed by atoms with van der Waals surface area (Å²) in [7, 11) is 6.63. The highest BCUT2D eigenvalue weighted by atomic mass is 16.6. The van der Waals surface area contributed by atoms with Gasteiger partial charge in [-0.1, -0.05) is 17.7 Å². The predicted octanol–water partition coefficient (Wildman–Crippen LogP) is 3.27. The minimum Gasteiger partial charge on any atom is -0.493 e. The van der Waals surface area contributed by atoms with E-state index in [9.17, 15) is 14.9 Å². The highest BCUT2D eigenvalue weighted by Gasteiger charge is 2.22. The quantitative estimate of drug-likeness (QED) is 0.322. The molecule has 2 aromatic carbocycles. The Morgan fingerprint density at radius 3 is 2.35 bits per heavy atom. The third kappa shape index (κ3) is 5.73. The third-order valence-electron chi connectivity index (χ3n) is 7.00. The van der Waals surface area contributed by atoms with E-state index in [4.69, 9.17) is 14.5 Å². The lowest BCUT2D eigenvalue weighted by Gasteiger charge is -2.25. The molecule has 0 aliphatic carbocycles. The molecule has 1 aliphatic rings. The van der Waals surface area contributed by atoms with Crippen molar-refractivity contribution in [2.24, 2.45) is 4.99 Å². The summed E-state index contributed by atoms with van der Waals surface area (Å²) in [5.74, 6) is 1.56. The van der Waals surface area contributed by atoms with Gasteiger partial charge in [-0.2, -0.15) is 0 Å². The molecule has 1 aliphatic heterocycles. The number of ether oxygens (including phenoxy) is 2. The van der Waals surface area contributed by atoms with Gasteiger partial charge in [0.1, 0.15) is 5.49 Å². The number of hydrogen-bond donors (Lipinski definition) is 1. The Hall–Kier alpha value is -4.54. The van der Waals surface area contributed by atoms with Crippen LogP contribution in [0.5, 0.6) is 11.5 Å². The van der Waals surface area contributed by atoms with Gasteiger partial charge in [-0.05, 0) is 56.0 Å². The highest BCUT2D eigenvalue weighted by molar-refractivity contribution is 5.70. The van der Waals surface area contributed by atoms with E-state index in [-0.39, 0.29) is 18.8 Å². The molecular formula is C29H36N6O5. The second-order valence-electron chi connectivity index (χ2n) is 10.1. The molecule has 0 radical (unpaired) electrons. The van der Waals surface area contributed by atoms with Crippen LogP contribution in [0.2, 0.25) is 0 Å². The van der Waals surface area contributed by atoms with E-state index in [0.717, 1.165) is 45.4 Å². The molecule has 0 saturated heterocycles. The maximum Gasteiger partial charge on any atom is 0.330 e. The monoisotopic (exact) mass is 548 g/mol. The molecule has 3 aromatic rings. The summed E-state index contributed by atoms with van der Waals surface area (Å²) < 4.78 is 14.4. The molecule has 11 nitrogen and oxygen atoms in total. The molecule has 4 rings (SSSR count). The van der Waals surface area contributed by atoms with Gasteiger partial charge in [0, 0.05) is 45.4 Å². The summed E-state index contributed by atoms with van der Waals surface area (Å²) in [5, 5.41) is 14.1. The molecule has 0 amide bonds. The molecule has 40 heavy (non-hydrogen) atoms. The number of benzene rings is 2. The van der Waals surface area contributed by atoms with E-state index in [1.54, 1.807) is 42.3 Å². The van der Waals surface area contributed by atoms with E-state index in [1.807, 2.05) is 39.0 Å². The first-order chi connectivity index (χ1) is 19.0. The first-order valence-electron chi connectivity index (χ1n) is 13.0. The van der Waals surface area contributed by atoms with Crippen LogP contribution in [0.15, 0.2) is 52.1 Å². The van der Waals surface area contributed by atoms with Gasteiger partial charge in [0.2, 0.25) is 0 Å². The Labute approximate surface area is 233 Å². The zero-order valence-electron chi connectivity index (χ0n) is 24.1. The molecule has 0 fully saturated rings. The van der Waals surface area contributed by atoms with Crippen LogP contribution < -0.4 is 26.0 Å². The van der Waals surface area contributed by atoms with Crippen LogP contribution in [0.1, 0.15) is 22.3 Å². The van der Waals surface area contributed by atoms with Crippen LogP contribution in [0, 0.1) is 30.9 Å². The summed E-state index contributed by atoms with van der Waals surface area (Å²) in [5.41, 5.74) is 6.97. The number of fused-ring (bicyclic) bond motifs is 3. The molecule has 0 unspecified atom stereocenters. The van der Waals surface area contributed by atoms with E-state index >= 15 is 0 Å². The van der Waals surface area contributed by atoms with Gasteiger partial charge in [-0.15, -0.1) is 0 Å². The highest BCUT2D eigenvalue weighted by Crippen LogP contribution is 2.37. The van der Waals surface area contributed by atoms with Crippen molar-refractivity contribution < 1.29 is 14.4 Å². The maximum absolute atomic E-state index is 14.0. The van der Waals surface area contributed by atoms with Crippen LogP contribution in [0.25, 0.3) is 11.3 Å². The molecule has 0 bridgehead atoms. The topological polar surface area (TPSA) is 116 Å². The Morgan fingerprint density at radius 2 is 1.75 bits per heavy atom. The molecule has 212 valence electrons. The maximum atomic E-state index is 14.0. The number of aryl methyl sites for hydroxylation is 4. The van der Waals surface area contributed by atoms with Gasteiger partial charge in [-0.3, -0.25) is 19.2 Å². The SMILES string of the molecule is COc1cc2c(cc1OC)-c1c/c(=N\c3c(C)cc(C)cc3C)n(CCN/C(=C/[N+](=O)[O-])N(C)C)c(=O)n1CC2. The first-order valence-corrected chi connectivity index (χ1v) is 13.0. The molecule has 2 heterocycles. The van der Waals surface area contributed by atoms with Crippen molar-refractivity contribution in [3.8, 4) is 22.8 Å². The van der Waals surface area contributed by atoms with E-state index in [0.29, 0.717) is 35.8 Å². The molecule has 0 saturated carbocycles. The standard InChI is InChI=1S/C29H36N6O5/c1-18-12-19(2)28(20(3)13-18)31-26-16-23-22-15-25(40-7)24(39-6)14-21(22)8-10-33(23)29(36)34(26)11-9-30-27(32(4)5)17-35(37)38/h12-17,30H,8-11H2,1-7H3/b27-17-,31-26+. The average molecular weight is 549 g/mol. The Kier molecular flexibility index (Phi) is 8.32. The van der Waals surface area contributed by atoms with E-state index < -0.39 is 4.92 Å². The van der Waals surface area contributed by atoms with Crippen molar-refractivity contribution >= 4 is 5.69 Å². The van der Waals surface area contributed by atoms with Crippen molar-refractivity contribution in [1.29, 1.82) is 0 Å². The number of nitro groups is 1. The van der Waals surface area contributed by atoms with Crippen molar-refractivity contribution in [2.45, 2.75) is 40.3 Å². The minimum atomic E-state index is -0.506. The molecule has 0 spiro atoms. The van der Waals surface area contributed by atoms with Crippen molar-refractivity contribution in [1.82, 2.24) is 19.4 Å². The smallest absolute Gasteiger partial charge is 0.330 e. The lowest BCUT2D eigenvalue weighted by atomic mass is 9.97. The minimum absolute atomic E-state index is 0.203. The van der Waals surface area contributed by atoms with Gasteiger partial charge in [-0.25, -0.2) is 9.79 Å². The van der Waals surface area contributed by atoms with Crippen molar-refractivity contribution in [2.75, 3.05) is 34.9 Å². The predicted molar refractivity (Wildman–Crippen MR) is 154 cm³/mol. The Balaban J connectivity index is 1.90. The zero-order chi connectivity index (χ0) is 29.1. The van der Waals surface area contributed by atoms with Gasteiger partial charge < -0.3 is 19.7 Å². The summed E-state index contributed by atoms with van der Waals surface area (Å²) in [6.45, 7) is 7.09. The van der Waals surface area contributed by atoms with Crippen LogP contribution >= 0.6 is 0 Å². The van der Waals surface area contributed by atoms with Gasteiger partial charge in [0.25, 0.3) is 6.20 Å². The van der Waals surface area contributed by atoms with Crippen molar-refractivity contribution in [3.63, 3.8) is 0 Å². The normalized spacial score (nSPS) is 13.0. The van der Waals surface area contributed by atoms with Gasteiger partial charge >= 0.3 is 5.69 Å². The van der Waals surface area contributed by atoms with Crippen molar-refractivity contribution in [3.05, 3.63) is 90.7 Å². The fourth-order valence-electron chi connectivity index (χ4n) is 5.14. The Morgan fingerprint density at radius 1 is 1.10 bits per heavy atom. The molecule has 1 aromatic heterocycles. The first kappa shape index (κ1) is 28.5. The second kappa shape index (κ2) is 11.7. The lowest BCUT2D eigenvalue weighted by Crippen LogP contribution is -2.44. The summed E-state index contributed by atoms with van der Waals surface area (Å²) in [6, 6.07) is 9.94. The molecule has 1 N–H and O–H groups in total. The zero-order valence-corrected chi connectivity index (χ0v) is 24.1. The summed E-state index contributed by atoms with van der Waals surface area (Å²) >= 11 is 0. The largest absolute Gasteiger partial charge is 0.493 e. The molecule has 11 heteroatoms. The number of rotatable bonds is 9. The second-order valence-corrected chi connectivity index (χ2v) is 10.1. The van der Waals surface area contributed by atoms with E-state index in [1.165, 1.54) is 0 Å². The number of hydrogen-bond acceptors (Lipinski definition) is 8. The van der Waals surface area contributed by atoms with Gasteiger partial charge in [0.15, 0.2) is 17.3 Å². The fourth-order valence-corrected chi connectivity index (χ4v) is 5.14. The van der Waals surface area contributed by atoms with Crippen LogP contribution in [0.4, 0.5) is 5.69 Å². The van der Waals surface area contributed by atoms with E-state index in [2.05, 4.69) is 17.4 Å². The van der Waals surface area contributed by atoms with Crippen LogP contribution in [-0.2, 0) is 19.5 Å². The lowest BCUT2D eigenvalue weighted by molar-refractivity contribution is -0.404.